The van der Waals surface area contributed by atoms with Crippen molar-refractivity contribution in [2.45, 2.75) is 84.7 Å². The molecule has 0 radical (unpaired) electrons. The number of nitrogens with zero attached hydrogens (tertiary/aromatic N) is 4. The van der Waals surface area contributed by atoms with Crippen molar-refractivity contribution in [3.63, 3.8) is 0 Å². The maximum Gasteiger partial charge on any atom is 0.247 e. The number of carbonyl (C=O) groups excluding carboxylic acids is 1. The van der Waals surface area contributed by atoms with Crippen LogP contribution in [0.1, 0.15) is 77.3 Å². The summed E-state index contributed by atoms with van der Waals surface area (Å²) in [6, 6.07) is 10.8. The number of nitrogens with one attached hydrogen (secondary N) is 1. The molecule has 0 spiro atoms. The van der Waals surface area contributed by atoms with Crippen molar-refractivity contribution < 1.29 is 10.0 Å². The molecule has 3 rings (SSSR count). The maximum atomic E-state index is 11.2. The molecule has 2 N–H and O–H groups in total. The van der Waals surface area contributed by atoms with Crippen molar-refractivity contribution >= 4 is 16.8 Å². The van der Waals surface area contributed by atoms with E-state index in [0.717, 1.165) is 18.2 Å². The Morgan fingerprint density at radius 2 is 2.00 bits per heavy atom. The fourth-order valence-corrected chi connectivity index (χ4v) is 4.62. The van der Waals surface area contributed by atoms with Crippen LogP contribution in [0.4, 0.5) is 0 Å². The van der Waals surface area contributed by atoms with Crippen LogP contribution in [0.15, 0.2) is 52.4 Å². The predicted octanol–water partition coefficient (Wildman–Crippen LogP) is 6.38. The molecule has 2 aromatic rings. The van der Waals surface area contributed by atoms with Gasteiger partial charge in [-0.3, -0.25) is 15.0 Å². The van der Waals surface area contributed by atoms with Crippen LogP contribution in [-0.2, 0) is 17.9 Å². The van der Waals surface area contributed by atoms with Gasteiger partial charge in [-0.1, -0.05) is 75.8 Å². The Kier molecular flexibility index (Phi) is 9.94. The molecular weight excluding hydrogens is 414 g/mol. The summed E-state index contributed by atoms with van der Waals surface area (Å²) in [5.74, 6) is 0.371. The molecule has 33 heavy (non-hydrogen) atoms. The monoisotopic (exact) mass is 453 g/mol. The molecule has 0 bridgehead atoms. The number of aromatic nitrogens is 1. The van der Waals surface area contributed by atoms with Crippen molar-refractivity contribution in [1.82, 2.24) is 15.1 Å². The van der Waals surface area contributed by atoms with Gasteiger partial charge >= 0.3 is 0 Å². The Morgan fingerprint density at radius 3 is 2.79 bits per heavy atom. The summed E-state index contributed by atoms with van der Waals surface area (Å²) in [4.78, 5) is 11.2. The first kappa shape index (κ1) is 25.0. The number of amides is 1. The van der Waals surface area contributed by atoms with E-state index in [4.69, 9.17) is 5.21 Å². The minimum atomic E-state index is -0.452. The Balaban J connectivity index is 1.60. The van der Waals surface area contributed by atoms with Gasteiger partial charge in [0.2, 0.25) is 5.91 Å². The highest BCUT2D eigenvalue weighted by Gasteiger charge is 2.17. The molecule has 1 aliphatic rings. The molecule has 7 nitrogen and oxygen atoms in total. The van der Waals surface area contributed by atoms with E-state index in [9.17, 15) is 4.79 Å². The van der Waals surface area contributed by atoms with E-state index in [1.807, 2.05) is 5.01 Å². The normalized spacial score (nSPS) is 15.6. The molecule has 1 unspecified atom stereocenters. The highest BCUT2D eigenvalue weighted by atomic mass is 16.5. The highest BCUT2D eigenvalue weighted by Crippen LogP contribution is 2.26. The molecule has 0 saturated carbocycles. The van der Waals surface area contributed by atoms with Crippen molar-refractivity contribution in [3.05, 3.63) is 47.8 Å². The second-order valence-corrected chi connectivity index (χ2v) is 9.06. The molecule has 1 amide bonds. The third kappa shape index (κ3) is 7.42. The van der Waals surface area contributed by atoms with E-state index in [1.165, 1.54) is 68.0 Å². The fraction of sp³-hybridized carbons (Fsp3) is 0.577. The Bertz CT molecular complexity index is 949. The second kappa shape index (κ2) is 13.1. The van der Waals surface area contributed by atoms with E-state index < -0.39 is 5.91 Å². The van der Waals surface area contributed by atoms with E-state index in [2.05, 4.69) is 59.1 Å². The molecule has 1 aromatic heterocycles. The molecule has 7 heteroatoms. The van der Waals surface area contributed by atoms with Crippen LogP contribution < -0.4 is 5.48 Å². The minimum Gasteiger partial charge on any atom is -0.343 e. The van der Waals surface area contributed by atoms with Gasteiger partial charge in [0.15, 0.2) is 0 Å². The lowest BCUT2D eigenvalue weighted by molar-refractivity contribution is -0.128. The lowest BCUT2D eigenvalue weighted by atomic mass is 9.93. The Labute approximate surface area is 197 Å². The molecule has 0 fully saturated rings. The standard InChI is InChI=1S/C26H39N5O2/c1-3-5-6-7-11-21(4-2)12-10-17-31-24(18-22-13-8-9-14-25(22)31)20-30-19-23(27-29-30)15-16-26(32)28-33/h8-9,13-15,18,21,33H,3-7,10-12,16-17,19-20H2,1-2H3,(H,28,32)/b23-15-. The summed E-state index contributed by atoms with van der Waals surface area (Å²) in [5.41, 5.74) is 4.89. The number of para-hydroxylation sites is 1. The number of hydrogen-bond acceptors (Lipinski definition) is 5. The van der Waals surface area contributed by atoms with E-state index >= 15 is 0 Å². The number of rotatable bonds is 14. The van der Waals surface area contributed by atoms with E-state index in [1.54, 1.807) is 11.6 Å². The van der Waals surface area contributed by atoms with Gasteiger partial charge in [0.1, 0.15) is 0 Å². The first-order valence-corrected chi connectivity index (χ1v) is 12.5. The van der Waals surface area contributed by atoms with Crippen LogP contribution in [0.2, 0.25) is 0 Å². The summed E-state index contributed by atoms with van der Waals surface area (Å²) in [6.45, 7) is 6.85. The SMILES string of the molecule is CCCCCCC(CC)CCCn1c(CN2C/C(=C/CC(=O)NO)N=N2)cc2ccccc21. The summed E-state index contributed by atoms with van der Waals surface area (Å²) in [5, 5.41) is 20.3. The molecule has 1 aliphatic heterocycles. The summed E-state index contributed by atoms with van der Waals surface area (Å²) in [6.07, 6.45) is 12.3. The number of fused-ring (bicyclic) bond motifs is 1. The van der Waals surface area contributed by atoms with Crippen molar-refractivity contribution in [2.24, 2.45) is 16.3 Å². The van der Waals surface area contributed by atoms with E-state index in [0.29, 0.717) is 13.1 Å². The average Bonchev–Trinajstić information content (AvgIpc) is 3.43. The van der Waals surface area contributed by atoms with Gasteiger partial charge in [0.25, 0.3) is 0 Å². The molecule has 2 heterocycles. The number of carbonyl (C=O) groups is 1. The number of hydrogen-bond donors (Lipinski definition) is 2. The number of benzene rings is 1. The highest BCUT2D eigenvalue weighted by molar-refractivity contribution is 5.81. The first-order valence-electron chi connectivity index (χ1n) is 12.5. The van der Waals surface area contributed by atoms with Gasteiger partial charge < -0.3 is 4.57 Å². The number of aryl methyl sites for hydroxylation is 1. The Morgan fingerprint density at radius 1 is 1.18 bits per heavy atom. The molecule has 1 atom stereocenters. The van der Waals surface area contributed by atoms with Crippen LogP contribution in [0.25, 0.3) is 10.9 Å². The van der Waals surface area contributed by atoms with Gasteiger partial charge in [-0.2, -0.15) is 0 Å². The van der Waals surface area contributed by atoms with Crippen molar-refractivity contribution in [3.8, 4) is 0 Å². The fourth-order valence-electron chi connectivity index (χ4n) is 4.62. The molecule has 0 aliphatic carbocycles. The van der Waals surface area contributed by atoms with E-state index in [-0.39, 0.29) is 6.42 Å². The lowest BCUT2D eigenvalue weighted by Crippen LogP contribution is -2.19. The largest absolute Gasteiger partial charge is 0.343 e. The van der Waals surface area contributed by atoms with Crippen LogP contribution >= 0.6 is 0 Å². The smallest absolute Gasteiger partial charge is 0.247 e. The average molecular weight is 454 g/mol. The second-order valence-electron chi connectivity index (χ2n) is 9.06. The zero-order chi connectivity index (χ0) is 23.5. The summed E-state index contributed by atoms with van der Waals surface area (Å²) < 4.78 is 2.44. The topological polar surface area (TPSA) is 82.2 Å². The molecule has 1 aromatic carbocycles. The maximum absolute atomic E-state index is 11.2. The molecule has 180 valence electrons. The van der Waals surface area contributed by atoms with Crippen molar-refractivity contribution in [2.75, 3.05) is 6.54 Å². The number of unbranched alkanes of at least 4 members (excludes halogenated alkanes) is 3. The number of hydroxylamine groups is 1. The van der Waals surface area contributed by atoms with Gasteiger partial charge in [-0.05, 0) is 42.4 Å². The van der Waals surface area contributed by atoms with Crippen LogP contribution in [0, 0.1) is 5.92 Å². The van der Waals surface area contributed by atoms with Crippen LogP contribution in [0.3, 0.4) is 0 Å². The first-order chi connectivity index (χ1) is 16.1. The molecular formula is C26H39N5O2. The quantitative estimate of drug-likeness (QED) is 0.198. The predicted molar refractivity (Wildman–Crippen MR) is 132 cm³/mol. The third-order valence-electron chi connectivity index (χ3n) is 6.57. The molecule has 0 saturated heterocycles. The zero-order valence-corrected chi connectivity index (χ0v) is 20.2. The minimum absolute atomic E-state index is 0.0932. The summed E-state index contributed by atoms with van der Waals surface area (Å²) in [7, 11) is 0. The van der Waals surface area contributed by atoms with Gasteiger partial charge in [-0.25, -0.2) is 5.48 Å². The lowest BCUT2D eigenvalue weighted by Gasteiger charge is -2.18. The van der Waals surface area contributed by atoms with Crippen molar-refractivity contribution in [1.29, 1.82) is 0 Å². The summed E-state index contributed by atoms with van der Waals surface area (Å²) >= 11 is 0. The van der Waals surface area contributed by atoms with Gasteiger partial charge in [0.05, 0.1) is 18.8 Å². The van der Waals surface area contributed by atoms with Gasteiger partial charge in [-0.15, -0.1) is 5.11 Å². The van der Waals surface area contributed by atoms with Gasteiger partial charge in [0, 0.05) is 24.2 Å². The van der Waals surface area contributed by atoms with Crippen LogP contribution in [-0.4, -0.2) is 27.2 Å². The Hall–Kier alpha value is -2.67. The zero-order valence-electron chi connectivity index (χ0n) is 20.2. The van der Waals surface area contributed by atoms with Crippen LogP contribution in [0.5, 0.6) is 0 Å². The third-order valence-corrected chi connectivity index (χ3v) is 6.57.